The van der Waals surface area contributed by atoms with Gasteiger partial charge in [0.1, 0.15) is 11.5 Å². The van der Waals surface area contributed by atoms with Crippen molar-refractivity contribution in [2.24, 2.45) is 0 Å². The number of hydrogen-bond donors (Lipinski definition) is 0. The number of carbonyl (C=O) groups excluding carboxylic acids is 1. The quantitative estimate of drug-likeness (QED) is 0.401. The Balaban J connectivity index is 0.00000196. The molecule has 0 spiro atoms. The van der Waals surface area contributed by atoms with Crippen LogP contribution in [0.2, 0.25) is 0 Å². The monoisotopic (exact) mass is 370 g/mol. The van der Waals surface area contributed by atoms with Crippen molar-refractivity contribution in [1.29, 1.82) is 0 Å². The first-order chi connectivity index (χ1) is 12.4. The summed E-state index contributed by atoms with van der Waals surface area (Å²) < 4.78 is 6.06. The molecule has 0 saturated carbocycles. The second-order valence-corrected chi connectivity index (χ2v) is 7.29. The second-order valence-electron chi connectivity index (χ2n) is 6.67. The summed E-state index contributed by atoms with van der Waals surface area (Å²) in [5.74, 6) is 1.31. The molecular formula is C23H24LiO2P. The molecule has 0 aliphatic heterocycles. The Bertz CT molecular complexity index is 964. The number of carbonyl (C=O) groups is 1. The summed E-state index contributed by atoms with van der Waals surface area (Å²) in [5.41, 5.74) is 5.45. The van der Waals surface area contributed by atoms with Crippen molar-refractivity contribution >= 4 is 20.3 Å². The molecule has 1 unspecified atom stereocenters. The van der Waals surface area contributed by atoms with E-state index in [-0.39, 0.29) is 26.1 Å². The van der Waals surface area contributed by atoms with E-state index in [9.17, 15) is 4.79 Å². The van der Waals surface area contributed by atoms with Gasteiger partial charge in [0.15, 0.2) is 5.78 Å². The number of aryl methyl sites for hydroxylation is 3. The molecule has 3 rings (SSSR count). The summed E-state index contributed by atoms with van der Waals surface area (Å²) in [5, 5.41) is 0.996. The van der Waals surface area contributed by atoms with E-state index in [2.05, 4.69) is 21.4 Å². The number of benzene rings is 3. The Hall–Kier alpha value is -1.84. The van der Waals surface area contributed by atoms with Crippen LogP contribution in [0.3, 0.4) is 0 Å². The van der Waals surface area contributed by atoms with Crippen LogP contribution in [0.5, 0.6) is 11.5 Å². The number of ketones is 1. The van der Waals surface area contributed by atoms with Crippen LogP contribution in [0.4, 0.5) is 0 Å². The van der Waals surface area contributed by atoms with Gasteiger partial charge >= 0.3 is 18.9 Å². The normalized spacial score (nSPS) is 10.3. The van der Waals surface area contributed by atoms with Gasteiger partial charge in [0.25, 0.3) is 0 Å². The number of ether oxygens (including phenoxy) is 1. The first-order valence-corrected chi connectivity index (χ1v) is 9.20. The van der Waals surface area contributed by atoms with Crippen LogP contribution in [-0.2, 0) is 0 Å². The fourth-order valence-electron chi connectivity index (χ4n) is 3.35. The average Bonchev–Trinajstić information content (AvgIpc) is 2.58. The molecule has 2 nitrogen and oxygen atoms in total. The van der Waals surface area contributed by atoms with E-state index in [0.29, 0.717) is 11.3 Å². The van der Waals surface area contributed by atoms with Crippen LogP contribution in [-0.4, -0.2) is 5.78 Å². The van der Waals surface area contributed by atoms with E-state index in [4.69, 9.17) is 4.74 Å². The van der Waals surface area contributed by atoms with Gasteiger partial charge in [-0.05, 0) is 67.9 Å². The summed E-state index contributed by atoms with van der Waals surface area (Å²) >= 11 is 0. The van der Waals surface area contributed by atoms with Gasteiger partial charge in [0.2, 0.25) is 0 Å². The molecule has 0 aliphatic rings. The van der Waals surface area contributed by atoms with Crippen molar-refractivity contribution in [3.63, 3.8) is 0 Å². The van der Waals surface area contributed by atoms with Crippen molar-refractivity contribution in [3.05, 3.63) is 88.0 Å². The molecule has 0 saturated heterocycles. The Morgan fingerprint density at radius 1 is 0.889 bits per heavy atom. The zero-order valence-corrected chi connectivity index (χ0v) is 17.7. The van der Waals surface area contributed by atoms with Gasteiger partial charge in [-0.15, -0.1) is 9.24 Å². The molecule has 0 radical (unpaired) electrons. The number of rotatable bonds is 4. The van der Waals surface area contributed by atoms with Gasteiger partial charge < -0.3 is 6.16 Å². The summed E-state index contributed by atoms with van der Waals surface area (Å²) in [6.45, 7) is 7.99. The third-order valence-corrected chi connectivity index (χ3v) is 5.20. The smallest absolute Gasteiger partial charge is 1.00 e. The van der Waals surface area contributed by atoms with E-state index in [1.54, 1.807) is 0 Å². The zero-order valence-electron chi connectivity index (χ0n) is 17.6. The van der Waals surface area contributed by atoms with Gasteiger partial charge in [-0.1, -0.05) is 42.0 Å². The number of para-hydroxylation sites is 1. The van der Waals surface area contributed by atoms with E-state index in [1.165, 1.54) is 0 Å². The van der Waals surface area contributed by atoms with Crippen molar-refractivity contribution in [2.75, 3.05) is 0 Å². The van der Waals surface area contributed by atoms with Crippen LogP contribution in [0.15, 0.2) is 54.6 Å². The first kappa shape index (κ1) is 21.5. The van der Waals surface area contributed by atoms with Crippen LogP contribution in [0.25, 0.3) is 0 Å². The minimum Gasteiger partial charge on any atom is -1.00 e. The molecule has 0 aliphatic carbocycles. The molecule has 0 aromatic heterocycles. The first-order valence-electron chi connectivity index (χ1n) is 8.63. The predicted molar refractivity (Wildman–Crippen MR) is 112 cm³/mol. The van der Waals surface area contributed by atoms with Gasteiger partial charge in [-0.25, -0.2) is 0 Å². The SMILES string of the molecule is Cc1cc(C)c(C(=O)c2c(Oc3ccccc3)ccc(P)c2C)c(C)c1.[H-].[Li+]. The molecule has 1 atom stereocenters. The summed E-state index contributed by atoms with van der Waals surface area (Å²) in [6.07, 6.45) is 0. The molecular weight excluding hydrogens is 346 g/mol. The van der Waals surface area contributed by atoms with Gasteiger partial charge in [-0.3, -0.25) is 4.79 Å². The largest absolute Gasteiger partial charge is 1.00 e. The van der Waals surface area contributed by atoms with Gasteiger partial charge in [0, 0.05) is 5.56 Å². The van der Waals surface area contributed by atoms with Crippen molar-refractivity contribution < 1.29 is 29.8 Å². The van der Waals surface area contributed by atoms with Crippen LogP contribution >= 0.6 is 9.24 Å². The van der Waals surface area contributed by atoms with E-state index in [1.807, 2.05) is 70.2 Å². The Kier molecular flexibility index (Phi) is 7.07. The van der Waals surface area contributed by atoms with E-state index >= 15 is 0 Å². The minimum absolute atomic E-state index is 0. The molecule has 0 N–H and O–H groups in total. The maximum atomic E-state index is 13.5. The molecule has 0 amide bonds. The average molecular weight is 370 g/mol. The Labute approximate surface area is 177 Å². The molecule has 134 valence electrons. The second kappa shape index (κ2) is 8.90. The summed E-state index contributed by atoms with van der Waals surface area (Å²) in [4.78, 5) is 13.5. The topological polar surface area (TPSA) is 26.3 Å². The maximum Gasteiger partial charge on any atom is 1.00 e. The van der Waals surface area contributed by atoms with Gasteiger partial charge in [0.05, 0.1) is 5.56 Å². The molecule has 0 bridgehead atoms. The summed E-state index contributed by atoms with van der Waals surface area (Å²) in [6, 6.07) is 17.5. The molecule has 0 fully saturated rings. The zero-order chi connectivity index (χ0) is 18.8. The predicted octanol–water partition coefficient (Wildman–Crippen LogP) is 2.56. The van der Waals surface area contributed by atoms with Gasteiger partial charge in [-0.2, -0.15) is 0 Å². The molecule has 4 heteroatoms. The molecule has 0 heterocycles. The molecule has 27 heavy (non-hydrogen) atoms. The fourth-order valence-corrected chi connectivity index (χ4v) is 3.59. The van der Waals surface area contributed by atoms with Crippen LogP contribution in [0.1, 0.15) is 39.6 Å². The van der Waals surface area contributed by atoms with E-state index < -0.39 is 0 Å². The third-order valence-electron chi connectivity index (χ3n) is 4.57. The van der Waals surface area contributed by atoms with Crippen molar-refractivity contribution in [2.45, 2.75) is 27.7 Å². The standard InChI is InChI=1S/C23H23O2P.Li.H/c1-14-12-15(2)21(16(3)13-14)23(24)22-17(4)20(26)11-10-19(22)25-18-8-6-5-7-9-18;;/h5-13H,26H2,1-4H3;;/q;+1;-1. The van der Waals surface area contributed by atoms with Crippen molar-refractivity contribution in [3.8, 4) is 11.5 Å². The third kappa shape index (κ3) is 4.53. The van der Waals surface area contributed by atoms with Crippen LogP contribution in [0, 0.1) is 27.7 Å². The number of hydrogen-bond acceptors (Lipinski definition) is 2. The van der Waals surface area contributed by atoms with E-state index in [0.717, 1.165) is 38.9 Å². The van der Waals surface area contributed by atoms with Crippen molar-refractivity contribution in [1.82, 2.24) is 0 Å². The van der Waals surface area contributed by atoms with Crippen LogP contribution < -0.4 is 28.9 Å². The summed E-state index contributed by atoms with van der Waals surface area (Å²) in [7, 11) is 2.70. The maximum absolute atomic E-state index is 13.5. The fraction of sp³-hybridized carbons (Fsp3) is 0.174. The molecule has 3 aromatic carbocycles. The molecule has 3 aromatic rings. The Morgan fingerprint density at radius 3 is 2.07 bits per heavy atom. The Morgan fingerprint density at radius 2 is 1.48 bits per heavy atom. The minimum atomic E-state index is 0.